The van der Waals surface area contributed by atoms with Gasteiger partial charge in [-0.25, -0.2) is 0 Å². The Bertz CT molecular complexity index is 324. The monoisotopic (exact) mass is 218 g/mol. The van der Waals surface area contributed by atoms with E-state index < -0.39 is 5.69 Å². The molecule has 0 N–H and O–H groups in total. The second kappa shape index (κ2) is 2.95. The van der Waals surface area contributed by atoms with Gasteiger partial charge in [-0.1, -0.05) is 12.1 Å². The molecule has 2 nitrogen and oxygen atoms in total. The molecule has 0 amide bonds. The van der Waals surface area contributed by atoms with Gasteiger partial charge in [-0.05, 0) is 41.6 Å². The predicted octanol–water partition coefficient (Wildman–Crippen LogP) is 3.05. The fourth-order valence-electron chi connectivity index (χ4n) is 0.935. The zero-order valence-corrected chi connectivity index (χ0v) is 8.92. The van der Waals surface area contributed by atoms with E-state index in [2.05, 4.69) is 0 Å². The van der Waals surface area contributed by atoms with Gasteiger partial charge < -0.3 is 9.05 Å². The van der Waals surface area contributed by atoms with E-state index in [4.69, 9.17) is 20.9 Å². The predicted molar refractivity (Wildman–Crippen MR) is 55.5 cm³/mol. The van der Waals surface area contributed by atoms with Crippen molar-refractivity contribution in [2.24, 2.45) is 0 Å². The molecule has 1 heterocycles. The minimum atomic E-state index is -2.08. The number of hydrogen-bond acceptors (Lipinski definition) is 4. The third-order valence-electron chi connectivity index (χ3n) is 1.49. The van der Waals surface area contributed by atoms with E-state index in [9.17, 15) is 0 Å². The van der Waals surface area contributed by atoms with Gasteiger partial charge in [0.25, 0.3) is 0 Å². The highest BCUT2D eigenvalue weighted by Gasteiger charge is 2.30. The van der Waals surface area contributed by atoms with Crippen LogP contribution in [0.1, 0.15) is 0 Å². The SMILES string of the molecule is CSP1(=S)Oc2ccccc2O1. The maximum atomic E-state index is 5.51. The molecule has 0 spiro atoms. The number of rotatable bonds is 1. The second-order valence-corrected chi connectivity index (χ2v) is 8.56. The molecule has 12 heavy (non-hydrogen) atoms. The molecule has 0 saturated carbocycles. The van der Waals surface area contributed by atoms with E-state index in [-0.39, 0.29) is 0 Å². The molecule has 1 aliphatic rings. The van der Waals surface area contributed by atoms with Gasteiger partial charge in [-0.3, -0.25) is 0 Å². The van der Waals surface area contributed by atoms with Crippen LogP contribution in [-0.2, 0) is 11.8 Å². The van der Waals surface area contributed by atoms with E-state index in [0.29, 0.717) is 0 Å². The van der Waals surface area contributed by atoms with Crippen LogP contribution in [0.5, 0.6) is 11.5 Å². The Kier molecular flexibility index (Phi) is 2.07. The minimum Gasteiger partial charge on any atom is -0.424 e. The van der Waals surface area contributed by atoms with Gasteiger partial charge in [0.2, 0.25) is 0 Å². The third-order valence-corrected chi connectivity index (χ3v) is 6.36. The topological polar surface area (TPSA) is 18.5 Å². The summed E-state index contributed by atoms with van der Waals surface area (Å²) >= 11 is 6.68. The molecule has 0 bridgehead atoms. The van der Waals surface area contributed by atoms with Crippen LogP contribution in [-0.4, -0.2) is 6.26 Å². The molecule has 0 radical (unpaired) electrons. The van der Waals surface area contributed by atoms with E-state index in [1.165, 1.54) is 11.4 Å². The van der Waals surface area contributed by atoms with Crippen LogP contribution in [0.25, 0.3) is 0 Å². The molecule has 0 saturated heterocycles. The largest absolute Gasteiger partial charge is 0.424 e. The molecule has 1 aromatic carbocycles. The summed E-state index contributed by atoms with van der Waals surface area (Å²) in [6.45, 7) is 0. The number of fused-ring (bicyclic) bond motifs is 1. The summed E-state index contributed by atoms with van der Waals surface area (Å²) in [5.74, 6) is 1.55. The van der Waals surface area contributed by atoms with Crippen LogP contribution < -0.4 is 9.05 Å². The van der Waals surface area contributed by atoms with Gasteiger partial charge in [-0.15, -0.1) is 0 Å². The van der Waals surface area contributed by atoms with Crippen LogP contribution in [0, 0.1) is 0 Å². The third kappa shape index (κ3) is 1.35. The summed E-state index contributed by atoms with van der Waals surface area (Å²) in [5.41, 5.74) is -2.08. The van der Waals surface area contributed by atoms with Gasteiger partial charge in [0.05, 0.1) is 0 Å². The number of benzene rings is 1. The molecule has 0 fully saturated rings. The molecule has 5 heteroatoms. The Morgan fingerprint density at radius 2 is 1.75 bits per heavy atom. The highest BCUT2D eigenvalue weighted by molar-refractivity contribution is 8.67. The Hall–Kier alpha value is -0.180. The van der Waals surface area contributed by atoms with Crippen molar-refractivity contribution in [3.05, 3.63) is 24.3 Å². The van der Waals surface area contributed by atoms with Crippen LogP contribution in [0.15, 0.2) is 24.3 Å². The van der Waals surface area contributed by atoms with Crippen molar-refractivity contribution in [1.29, 1.82) is 0 Å². The zero-order chi connectivity index (χ0) is 8.60. The summed E-state index contributed by atoms with van der Waals surface area (Å²) < 4.78 is 11.0. The molecule has 1 aliphatic heterocycles. The second-order valence-electron chi connectivity index (χ2n) is 2.26. The Balaban J connectivity index is 2.39. The Morgan fingerprint density at radius 3 is 2.17 bits per heavy atom. The van der Waals surface area contributed by atoms with Crippen LogP contribution in [0.2, 0.25) is 0 Å². The molecular formula is C7H7O2PS2. The zero-order valence-electron chi connectivity index (χ0n) is 6.39. The summed E-state index contributed by atoms with van der Waals surface area (Å²) in [7, 11) is 0. The molecule has 64 valence electrons. The lowest BCUT2D eigenvalue weighted by atomic mass is 10.3. The van der Waals surface area contributed by atoms with Gasteiger partial charge in [0, 0.05) is 0 Å². The fourth-order valence-corrected chi connectivity index (χ4v) is 3.32. The summed E-state index contributed by atoms with van der Waals surface area (Å²) in [4.78, 5) is 0. The smallest absolute Gasteiger partial charge is 0.348 e. The molecular weight excluding hydrogens is 211 g/mol. The number of hydrogen-bond donors (Lipinski definition) is 0. The molecule has 0 aliphatic carbocycles. The van der Waals surface area contributed by atoms with Crippen LogP contribution in [0.4, 0.5) is 0 Å². The highest BCUT2D eigenvalue weighted by atomic mass is 32.9. The van der Waals surface area contributed by atoms with Gasteiger partial charge in [-0.2, -0.15) is 0 Å². The summed E-state index contributed by atoms with van der Waals surface area (Å²) in [5, 5.41) is 0. The maximum Gasteiger partial charge on any atom is 0.348 e. The molecule has 0 atom stereocenters. The lowest BCUT2D eigenvalue weighted by Gasteiger charge is -2.08. The highest BCUT2D eigenvalue weighted by Crippen LogP contribution is 2.65. The van der Waals surface area contributed by atoms with Gasteiger partial charge in [0.15, 0.2) is 11.5 Å². The van der Waals surface area contributed by atoms with E-state index in [1.807, 2.05) is 30.5 Å². The fraction of sp³-hybridized carbons (Fsp3) is 0.143. The summed E-state index contributed by atoms with van der Waals surface area (Å²) in [6.07, 6.45) is 1.91. The van der Waals surface area contributed by atoms with Crippen molar-refractivity contribution in [3.8, 4) is 11.5 Å². The first-order valence-corrected chi connectivity index (χ1v) is 7.84. The summed E-state index contributed by atoms with van der Waals surface area (Å²) in [6, 6.07) is 7.57. The van der Waals surface area contributed by atoms with Crippen molar-refractivity contribution >= 4 is 28.9 Å². The molecule has 1 aromatic rings. The van der Waals surface area contributed by atoms with E-state index >= 15 is 0 Å². The first kappa shape index (κ1) is 8.42. The number of para-hydroxylation sites is 2. The Labute approximate surface area is 80.2 Å². The minimum absolute atomic E-state index is 0.773. The van der Waals surface area contributed by atoms with Crippen LogP contribution in [0.3, 0.4) is 0 Å². The van der Waals surface area contributed by atoms with E-state index in [0.717, 1.165) is 11.5 Å². The van der Waals surface area contributed by atoms with E-state index in [1.54, 1.807) is 0 Å². The van der Waals surface area contributed by atoms with Gasteiger partial charge >= 0.3 is 5.69 Å². The first-order valence-electron chi connectivity index (χ1n) is 3.37. The van der Waals surface area contributed by atoms with Crippen molar-refractivity contribution in [3.63, 3.8) is 0 Å². The first-order chi connectivity index (χ1) is 5.73. The lowest BCUT2D eigenvalue weighted by molar-refractivity contribution is 0.593. The standard InChI is InChI=1S/C7H7O2PS2/c1-12-10(11)8-6-4-2-3-5-7(6)9-10/h2-5H,1H3. The van der Waals surface area contributed by atoms with Crippen LogP contribution >= 0.6 is 17.1 Å². The maximum absolute atomic E-state index is 5.51. The molecule has 0 aromatic heterocycles. The normalized spacial score (nSPS) is 17.8. The average molecular weight is 218 g/mol. The van der Waals surface area contributed by atoms with Crippen molar-refractivity contribution < 1.29 is 9.05 Å². The van der Waals surface area contributed by atoms with Crippen molar-refractivity contribution in [1.82, 2.24) is 0 Å². The molecule has 2 rings (SSSR count). The average Bonchev–Trinajstić information content (AvgIpc) is 2.42. The Morgan fingerprint density at radius 1 is 1.25 bits per heavy atom. The lowest BCUT2D eigenvalue weighted by Crippen LogP contribution is -1.83. The molecule has 0 unspecified atom stereocenters. The van der Waals surface area contributed by atoms with Gasteiger partial charge in [0.1, 0.15) is 0 Å². The quantitative estimate of drug-likeness (QED) is 0.674. The van der Waals surface area contributed by atoms with Crippen molar-refractivity contribution in [2.75, 3.05) is 6.26 Å². The van der Waals surface area contributed by atoms with Crippen molar-refractivity contribution in [2.45, 2.75) is 0 Å².